The van der Waals surface area contributed by atoms with E-state index in [0.717, 1.165) is 45.6 Å². The zero-order chi connectivity index (χ0) is 10.0. The van der Waals surface area contributed by atoms with Gasteiger partial charge in [-0.15, -0.1) is 0 Å². The predicted octanol–water partition coefficient (Wildman–Crippen LogP) is -0.440. The SMILES string of the molecule is C[C@]1(C(=O)N2CCNCC2)CCCN1. The molecule has 0 saturated carbocycles. The van der Waals surface area contributed by atoms with E-state index in [-0.39, 0.29) is 11.4 Å². The number of nitrogens with zero attached hydrogens (tertiary/aromatic N) is 1. The summed E-state index contributed by atoms with van der Waals surface area (Å²) in [6, 6.07) is 0. The van der Waals surface area contributed by atoms with E-state index >= 15 is 0 Å². The first-order valence-electron chi connectivity index (χ1n) is 5.47. The molecule has 80 valence electrons. The summed E-state index contributed by atoms with van der Waals surface area (Å²) in [6.07, 6.45) is 2.10. The fraction of sp³-hybridized carbons (Fsp3) is 0.900. The van der Waals surface area contributed by atoms with Crippen LogP contribution in [0.3, 0.4) is 0 Å². The molecule has 1 atom stereocenters. The van der Waals surface area contributed by atoms with Gasteiger partial charge in [0, 0.05) is 26.2 Å². The molecule has 1 amide bonds. The Kier molecular flexibility index (Phi) is 2.74. The van der Waals surface area contributed by atoms with E-state index < -0.39 is 0 Å². The van der Waals surface area contributed by atoms with Gasteiger partial charge in [-0.3, -0.25) is 4.79 Å². The molecule has 0 bridgehead atoms. The van der Waals surface area contributed by atoms with Gasteiger partial charge in [0.2, 0.25) is 5.91 Å². The third-order valence-corrected chi connectivity index (χ3v) is 3.24. The number of nitrogens with one attached hydrogen (secondary N) is 2. The van der Waals surface area contributed by atoms with Crippen molar-refractivity contribution >= 4 is 5.91 Å². The number of carbonyl (C=O) groups is 1. The Hall–Kier alpha value is -0.610. The second-order valence-corrected chi connectivity index (χ2v) is 4.40. The van der Waals surface area contributed by atoms with Gasteiger partial charge in [-0.05, 0) is 26.3 Å². The largest absolute Gasteiger partial charge is 0.339 e. The molecular weight excluding hydrogens is 178 g/mol. The number of hydrogen-bond donors (Lipinski definition) is 2. The average molecular weight is 197 g/mol. The molecule has 4 nitrogen and oxygen atoms in total. The van der Waals surface area contributed by atoms with Crippen LogP contribution in [0.25, 0.3) is 0 Å². The molecular formula is C10H19N3O. The van der Waals surface area contributed by atoms with Crippen LogP contribution in [0.15, 0.2) is 0 Å². The molecule has 2 fully saturated rings. The molecule has 0 aromatic carbocycles. The quantitative estimate of drug-likeness (QED) is 0.599. The van der Waals surface area contributed by atoms with Crippen molar-refractivity contribution in [2.24, 2.45) is 0 Å². The van der Waals surface area contributed by atoms with E-state index in [1.54, 1.807) is 0 Å². The minimum atomic E-state index is -0.280. The summed E-state index contributed by atoms with van der Waals surface area (Å²) in [7, 11) is 0. The maximum Gasteiger partial charge on any atom is 0.242 e. The predicted molar refractivity (Wildman–Crippen MR) is 55.1 cm³/mol. The molecule has 2 aliphatic heterocycles. The molecule has 2 heterocycles. The minimum Gasteiger partial charge on any atom is -0.339 e. The summed E-state index contributed by atoms with van der Waals surface area (Å²) in [4.78, 5) is 14.1. The first-order chi connectivity index (χ1) is 6.72. The van der Waals surface area contributed by atoms with Gasteiger partial charge in [-0.2, -0.15) is 0 Å². The van der Waals surface area contributed by atoms with Gasteiger partial charge in [0.25, 0.3) is 0 Å². The van der Waals surface area contributed by atoms with Gasteiger partial charge in [0.05, 0.1) is 5.54 Å². The second-order valence-electron chi connectivity index (χ2n) is 4.40. The van der Waals surface area contributed by atoms with Crippen molar-refractivity contribution in [2.75, 3.05) is 32.7 Å². The molecule has 2 rings (SSSR count). The summed E-state index contributed by atoms with van der Waals surface area (Å²) in [5, 5.41) is 6.58. The van der Waals surface area contributed by atoms with E-state index in [9.17, 15) is 4.79 Å². The molecule has 0 unspecified atom stereocenters. The molecule has 2 saturated heterocycles. The Morgan fingerprint density at radius 3 is 2.57 bits per heavy atom. The summed E-state index contributed by atoms with van der Waals surface area (Å²) >= 11 is 0. The van der Waals surface area contributed by atoms with Crippen LogP contribution in [-0.4, -0.2) is 49.1 Å². The molecule has 0 spiro atoms. The van der Waals surface area contributed by atoms with Crippen molar-refractivity contribution in [1.82, 2.24) is 15.5 Å². The Balaban J connectivity index is 1.98. The lowest BCUT2D eigenvalue weighted by Gasteiger charge is -2.34. The molecule has 4 heteroatoms. The summed E-state index contributed by atoms with van der Waals surface area (Å²) in [6.45, 7) is 6.59. The van der Waals surface area contributed by atoms with Gasteiger partial charge >= 0.3 is 0 Å². The number of carbonyl (C=O) groups excluding carboxylic acids is 1. The second kappa shape index (κ2) is 3.87. The molecule has 0 aromatic rings. The molecule has 0 radical (unpaired) electrons. The Morgan fingerprint density at radius 2 is 2.00 bits per heavy atom. The van der Waals surface area contributed by atoms with Crippen LogP contribution in [0.4, 0.5) is 0 Å². The van der Waals surface area contributed by atoms with E-state index in [4.69, 9.17) is 0 Å². The minimum absolute atomic E-state index is 0.280. The normalized spacial score (nSPS) is 33.4. The summed E-state index contributed by atoms with van der Waals surface area (Å²) in [5.41, 5.74) is -0.280. The van der Waals surface area contributed by atoms with Crippen LogP contribution in [0.2, 0.25) is 0 Å². The molecule has 0 aromatic heterocycles. The number of piperazine rings is 1. The lowest BCUT2D eigenvalue weighted by atomic mass is 9.98. The number of amides is 1. The third kappa shape index (κ3) is 1.77. The van der Waals surface area contributed by atoms with Crippen LogP contribution in [-0.2, 0) is 4.79 Å². The van der Waals surface area contributed by atoms with Crippen LogP contribution in [0.1, 0.15) is 19.8 Å². The van der Waals surface area contributed by atoms with E-state index in [1.807, 2.05) is 11.8 Å². The highest BCUT2D eigenvalue weighted by Gasteiger charge is 2.38. The molecule has 2 aliphatic rings. The smallest absolute Gasteiger partial charge is 0.242 e. The maximum absolute atomic E-state index is 12.2. The van der Waals surface area contributed by atoms with Gasteiger partial charge < -0.3 is 15.5 Å². The van der Waals surface area contributed by atoms with Gasteiger partial charge in [0.15, 0.2) is 0 Å². The fourth-order valence-electron chi connectivity index (χ4n) is 2.29. The topological polar surface area (TPSA) is 44.4 Å². The highest BCUT2D eigenvalue weighted by atomic mass is 16.2. The van der Waals surface area contributed by atoms with E-state index in [0.29, 0.717) is 0 Å². The van der Waals surface area contributed by atoms with Crippen LogP contribution >= 0.6 is 0 Å². The fourth-order valence-corrected chi connectivity index (χ4v) is 2.29. The van der Waals surface area contributed by atoms with Gasteiger partial charge in [-0.1, -0.05) is 0 Å². The van der Waals surface area contributed by atoms with Gasteiger partial charge in [0.1, 0.15) is 0 Å². The Labute approximate surface area is 85.0 Å². The molecule has 0 aliphatic carbocycles. The van der Waals surface area contributed by atoms with Crippen molar-refractivity contribution in [1.29, 1.82) is 0 Å². The summed E-state index contributed by atoms with van der Waals surface area (Å²) in [5.74, 6) is 0.288. The van der Waals surface area contributed by atoms with Crippen molar-refractivity contribution in [3.63, 3.8) is 0 Å². The van der Waals surface area contributed by atoms with Crippen molar-refractivity contribution in [3.8, 4) is 0 Å². The summed E-state index contributed by atoms with van der Waals surface area (Å²) < 4.78 is 0. The molecule has 14 heavy (non-hydrogen) atoms. The third-order valence-electron chi connectivity index (χ3n) is 3.24. The average Bonchev–Trinajstić information content (AvgIpc) is 2.67. The van der Waals surface area contributed by atoms with Crippen LogP contribution < -0.4 is 10.6 Å². The first kappa shape index (κ1) is 9.93. The lowest BCUT2D eigenvalue weighted by molar-refractivity contribution is -0.137. The number of hydrogen-bond acceptors (Lipinski definition) is 3. The molecule has 2 N–H and O–H groups in total. The van der Waals surface area contributed by atoms with Gasteiger partial charge in [-0.25, -0.2) is 0 Å². The Bertz CT molecular complexity index is 217. The number of rotatable bonds is 1. The zero-order valence-corrected chi connectivity index (χ0v) is 8.81. The van der Waals surface area contributed by atoms with Crippen molar-refractivity contribution in [2.45, 2.75) is 25.3 Å². The standard InChI is InChI=1S/C10H19N3O/c1-10(3-2-4-12-10)9(14)13-7-5-11-6-8-13/h11-12H,2-8H2,1H3/t10-/m1/s1. The van der Waals surface area contributed by atoms with Crippen molar-refractivity contribution < 1.29 is 4.79 Å². The van der Waals surface area contributed by atoms with Crippen molar-refractivity contribution in [3.05, 3.63) is 0 Å². The van der Waals surface area contributed by atoms with Crippen LogP contribution in [0, 0.1) is 0 Å². The van der Waals surface area contributed by atoms with Crippen LogP contribution in [0.5, 0.6) is 0 Å². The maximum atomic E-state index is 12.2. The van der Waals surface area contributed by atoms with E-state index in [1.165, 1.54) is 0 Å². The monoisotopic (exact) mass is 197 g/mol. The zero-order valence-electron chi connectivity index (χ0n) is 8.81. The lowest BCUT2D eigenvalue weighted by Crippen LogP contribution is -2.57. The first-order valence-corrected chi connectivity index (χ1v) is 5.47. The Morgan fingerprint density at radius 1 is 1.29 bits per heavy atom. The van der Waals surface area contributed by atoms with E-state index in [2.05, 4.69) is 10.6 Å². The highest BCUT2D eigenvalue weighted by molar-refractivity contribution is 5.86. The highest BCUT2D eigenvalue weighted by Crippen LogP contribution is 2.21.